The monoisotopic (exact) mass is 492 g/mol. The van der Waals surface area contributed by atoms with Crippen LogP contribution in [0.5, 0.6) is 0 Å². The maximum atomic E-state index is 13.5. The lowest BCUT2D eigenvalue weighted by molar-refractivity contribution is -0.127. The number of nitrogens with one attached hydrogen (secondary N) is 4. The lowest BCUT2D eigenvalue weighted by Crippen LogP contribution is -2.46. The minimum absolute atomic E-state index is 0.0359. The van der Waals surface area contributed by atoms with E-state index in [1.165, 1.54) is 12.1 Å². The molecule has 1 saturated carbocycles. The zero-order chi connectivity index (χ0) is 26.1. The number of carbonyl (C=O) groups excluding carboxylic acids is 2. The highest BCUT2D eigenvalue weighted by Gasteiger charge is 2.31. The standard InChI is InChI=1S/C27H33FN6O2/c1-5-12-30-24-19(16-31-27(34-24)33-21-9-7-8-20(28)15-21)11-10-18-13-22(14-18)32-25(35)17(3)23(6-2)26(36)29-4/h6-9,15-18,22H,5,12-14H2,1-4H3,(H,29,36)(H,32,35)(H2,30,31,33,34)/b23-6-/t17-,18?,22?/m0/s1. The quantitative estimate of drug-likeness (QED) is 0.314. The summed E-state index contributed by atoms with van der Waals surface area (Å²) in [5.74, 6) is 6.26. The summed E-state index contributed by atoms with van der Waals surface area (Å²) in [4.78, 5) is 33.4. The summed E-state index contributed by atoms with van der Waals surface area (Å²) >= 11 is 0. The number of hydrogen-bond donors (Lipinski definition) is 4. The molecule has 0 bridgehead atoms. The molecule has 190 valence electrons. The highest BCUT2D eigenvalue weighted by Crippen LogP contribution is 2.28. The molecule has 1 aliphatic carbocycles. The van der Waals surface area contributed by atoms with E-state index in [0.29, 0.717) is 28.6 Å². The van der Waals surface area contributed by atoms with Crippen molar-refractivity contribution in [3.8, 4) is 11.8 Å². The molecule has 1 aromatic heterocycles. The summed E-state index contributed by atoms with van der Waals surface area (Å²) in [6, 6.07) is 6.14. The van der Waals surface area contributed by atoms with Crippen molar-refractivity contribution in [2.75, 3.05) is 24.2 Å². The number of hydrogen-bond acceptors (Lipinski definition) is 6. The topological polar surface area (TPSA) is 108 Å². The zero-order valence-corrected chi connectivity index (χ0v) is 21.1. The summed E-state index contributed by atoms with van der Waals surface area (Å²) in [5, 5.41) is 11.9. The van der Waals surface area contributed by atoms with E-state index >= 15 is 0 Å². The number of rotatable bonds is 9. The maximum Gasteiger partial charge on any atom is 0.247 e. The van der Waals surface area contributed by atoms with Gasteiger partial charge in [0.25, 0.3) is 0 Å². The second-order valence-corrected chi connectivity index (χ2v) is 8.71. The first kappa shape index (κ1) is 26.7. The minimum Gasteiger partial charge on any atom is -0.369 e. The van der Waals surface area contributed by atoms with Crippen molar-refractivity contribution in [2.24, 2.45) is 11.8 Å². The van der Waals surface area contributed by atoms with Crippen molar-refractivity contribution in [3.63, 3.8) is 0 Å². The van der Waals surface area contributed by atoms with Crippen molar-refractivity contribution in [3.05, 3.63) is 53.5 Å². The fourth-order valence-electron chi connectivity index (χ4n) is 3.83. The second-order valence-electron chi connectivity index (χ2n) is 8.71. The van der Waals surface area contributed by atoms with Gasteiger partial charge in [0.05, 0.1) is 17.7 Å². The largest absolute Gasteiger partial charge is 0.369 e. The van der Waals surface area contributed by atoms with E-state index in [-0.39, 0.29) is 29.6 Å². The number of amides is 2. The van der Waals surface area contributed by atoms with Crippen molar-refractivity contribution < 1.29 is 14.0 Å². The number of anilines is 3. The molecule has 0 radical (unpaired) electrons. The van der Waals surface area contributed by atoms with Gasteiger partial charge in [-0.15, -0.1) is 0 Å². The number of nitrogens with zero attached hydrogens (tertiary/aromatic N) is 2. The molecule has 36 heavy (non-hydrogen) atoms. The fourth-order valence-corrected chi connectivity index (χ4v) is 3.83. The van der Waals surface area contributed by atoms with E-state index in [9.17, 15) is 14.0 Å². The molecule has 1 atom stereocenters. The van der Waals surface area contributed by atoms with Gasteiger partial charge in [0, 0.05) is 36.8 Å². The molecular formula is C27H33FN6O2. The Morgan fingerprint density at radius 3 is 2.75 bits per heavy atom. The number of carbonyl (C=O) groups is 2. The summed E-state index contributed by atoms with van der Waals surface area (Å²) in [6.07, 6.45) is 5.73. The third-order valence-corrected chi connectivity index (χ3v) is 5.97. The molecule has 4 N–H and O–H groups in total. The average molecular weight is 493 g/mol. The molecular weight excluding hydrogens is 459 g/mol. The van der Waals surface area contributed by atoms with E-state index in [4.69, 9.17) is 0 Å². The molecule has 0 unspecified atom stereocenters. The molecule has 9 heteroatoms. The van der Waals surface area contributed by atoms with Crippen LogP contribution in [0.2, 0.25) is 0 Å². The number of likely N-dealkylation sites (N-methyl/N-ethyl adjacent to an activating group) is 1. The van der Waals surface area contributed by atoms with Crippen LogP contribution in [0.4, 0.5) is 21.8 Å². The fraction of sp³-hybridized carbons (Fsp3) is 0.407. The van der Waals surface area contributed by atoms with Gasteiger partial charge in [-0.1, -0.05) is 30.9 Å². The predicted molar refractivity (Wildman–Crippen MR) is 139 cm³/mol. The summed E-state index contributed by atoms with van der Waals surface area (Å²) in [7, 11) is 1.55. The van der Waals surface area contributed by atoms with Crippen LogP contribution in [0, 0.1) is 29.5 Å². The molecule has 0 spiro atoms. The first-order valence-corrected chi connectivity index (χ1v) is 12.2. The highest BCUT2D eigenvalue weighted by molar-refractivity contribution is 5.99. The zero-order valence-electron chi connectivity index (χ0n) is 21.1. The third kappa shape index (κ3) is 7.04. The molecule has 1 fully saturated rings. The number of halogens is 1. The van der Waals surface area contributed by atoms with Crippen LogP contribution in [-0.4, -0.2) is 41.4 Å². The predicted octanol–water partition coefficient (Wildman–Crippen LogP) is 3.76. The lowest BCUT2D eigenvalue weighted by Gasteiger charge is -2.33. The van der Waals surface area contributed by atoms with Gasteiger partial charge in [0.15, 0.2) is 0 Å². The van der Waals surface area contributed by atoms with Gasteiger partial charge in [0.2, 0.25) is 17.8 Å². The SMILES string of the molecule is C/C=C(\C(=O)NC)[C@H](C)C(=O)NC1CC(C#Cc2cnc(Nc3cccc(F)c3)nc2NCCC)C1. The van der Waals surface area contributed by atoms with E-state index in [0.717, 1.165) is 25.8 Å². The van der Waals surface area contributed by atoms with Crippen molar-refractivity contribution in [2.45, 2.75) is 46.1 Å². The molecule has 8 nitrogen and oxygen atoms in total. The number of allylic oxidation sites excluding steroid dienone is 1. The van der Waals surface area contributed by atoms with Gasteiger partial charge in [-0.25, -0.2) is 9.37 Å². The first-order chi connectivity index (χ1) is 17.3. The Kier molecular flexibility index (Phi) is 9.39. The van der Waals surface area contributed by atoms with Crippen LogP contribution in [-0.2, 0) is 9.59 Å². The highest BCUT2D eigenvalue weighted by atomic mass is 19.1. The number of benzene rings is 1. The van der Waals surface area contributed by atoms with Crippen molar-refractivity contribution in [1.29, 1.82) is 0 Å². The van der Waals surface area contributed by atoms with E-state index in [2.05, 4.69) is 50.0 Å². The maximum absolute atomic E-state index is 13.5. The Hall–Kier alpha value is -3.93. The Labute approximate surface area is 211 Å². The van der Waals surface area contributed by atoms with E-state index in [1.807, 2.05) is 0 Å². The van der Waals surface area contributed by atoms with Crippen LogP contribution in [0.15, 0.2) is 42.1 Å². The normalized spacial score (nSPS) is 17.6. The van der Waals surface area contributed by atoms with Crippen molar-refractivity contribution >= 4 is 29.3 Å². The van der Waals surface area contributed by atoms with Gasteiger partial charge in [-0.2, -0.15) is 4.98 Å². The summed E-state index contributed by atoms with van der Waals surface area (Å²) in [6.45, 7) is 6.27. The molecule has 1 aromatic carbocycles. The van der Waals surface area contributed by atoms with Gasteiger partial charge in [-0.3, -0.25) is 9.59 Å². The minimum atomic E-state index is -0.524. The lowest BCUT2D eigenvalue weighted by atomic mass is 9.80. The molecule has 2 aromatic rings. The smallest absolute Gasteiger partial charge is 0.247 e. The van der Waals surface area contributed by atoms with Gasteiger partial charge in [0.1, 0.15) is 11.6 Å². The number of aromatic nitrogens is 2. The van der Waals surface area contributed by atoms with Gasteiger partial charge in [-0.05, 0) is 51.3 Å². The summed E-state index contributed by atoms with van der Waals surface area (Å²) in [5.41, 5.74) is 1.69. The molecule has 0 saturated heterocycles. The molecule has 1 aliphatic rings. The molecule has 0 aliphatic heterocycles. The Bertz CT molecular complexity index is 1180. The van der Waals surface area contributed by atoms with E-state index < -0.39 is 5.92 Å². The molecule has 1 heterocycles. The van der Waals surface area contributed by atoms with Gasteiger partial charge >= 0.3 is 0 Å². The Balaban J connectivity index is 1.60. The summed E-state index contributed by atoms with van der Waals surface area (Å²) < 4.78 is 13.5. The van der Waals surface area contributed by atoms with E-state index in [1.54, 1.807) is 45.3 Å². The van der Waals surface area contributed by atoms with Crippen molar-refractivity contribution in [1.82, 2.24) is 20.6 Å². The third-order valence-electron chi connectivity index (χ3n) is 5.97. The second kappa shape index (κ2) is 12.7. The Morgan fingerprint density at radius 2 is 2.08 bits per heavy atom. The van der Waals surface area contributed by atoms with Crippen LogP contribution in [0.25, 0.3) is 0 Å². The van der Waals surface area contributed by atoms with Crippen LogP contribution < -0.4 is 21.3 Å². The van der Waals surface area contributed by atoms with Crippen LogP contribution >= 0.6 is 0 Å². The molecule has 3 rings (SSSR count). The Morgan fingerprint density at radius 1 is 1.31 bits per heavy atom. The van der Waals surface area contributed by atoms with Crippen LogP contribution in [0.3, 0.4) is 0 Å². The van der Waals surface area contributed by atoms with Crippen LogP contribution in [0.1, 0.15) is 45.6 Å². The van der Waals surface area contributed by atoms with Gasteiger partial charge < -0.3 is 21.3 Å². The molecule has 2 amide bonds. The first-order valence-electron chi connectivity index (χ1n) is 12.2. The average Bonchev–Trinajstić information content (AvgIpc) is 2.84.